The highest BCUT2D eigenvalue weighted by atomic mass is 32.2. The van der Waals surface area contributed by atoms with Crippen LogP contribution in [-0.4, -0.2) is 39.4 Å². The minimum absolute atomic E-state index is 0.277. The monoisotopic (exact) mass is 337 g/mol. The molecule has 7 heteroatoms. The van der Waals surface area contributed by atoms with Gasteiger partial charge in [0, 0.05) is 0 Å². The summed E-state index contributed by atoms with van der Waals surface area (Å²) in [5.74, 6) is -0.689. The molecular weight excluding hydrogens is 322 g/mol. The van der Waals surface area contributed by atoms with Crippen LogP contribution in [0.25, 0.3) is 6.08 Å². The van der Waals surface area contributed by atoms with Gasteiger partial charge in [-0.2, -0.15) is 0 Å². The third-order valence-electron chi connectivity index (χ3n) is 3.22. The van der Waals surface area contributed by atoms with Crippen molar-refractivity contribution in [2.24, 2.45) is 0 Å². The molecule has 0 saturated carbocycles. The molecule has 5 nitrogen and oxygen atoms in total. The Bertz CT molecular complexity index is 639. The first-order valence-electron chi connectivity index (χ1n) is 6.61. The number of carboxylic acids is 1. The number of carbonyl (C=O) groups excluding carboxylic acids is 1. The summed E-state index contributed by atoms with van der Waals surface area (Å²) in [4.78, 5) is 25.3. The van der Waals surface area contributed by atoms with E-state index in [4.69, 9.17) is 17.0 Å². The van der Waals surface area contributed by atoms with Crippen LogP contribution < -0.4 is 4.74 Å². The summed E-state index contributed by atoms with van der Waals surface area (Å²) in [6.07, 6.45) is 2.00. The van der Waals surface area contributed by atoms with Crippen molar-refractivity contribution in [2.45, 2.75) is 19.4 Å². The van der Waals surface area contributed by atoms with Gasteiger partial charge in [0.05, 0.1) is 12.0 Å². The number of rotatable bonds is 5. The summed E-state index contributed by atoms with van der Waals surface area (Å²) in [7, 11) is 1.58. The maximum atomic E-state index is 12.4. The van der Waals surface area contributed by atoms with Crippen molar-refractivity contribution in [3.63, 3.8) is 0 Å². The lowest BCUT2D eigenvalue weighted by molar-refractivity contribution is -0.145. The van der Waals surface area contributed by atoms with Crippen LogP contribution in [-0.2, 0) is 9.59 Å². The van der Waals surface area contributed by atoms with E-state index in [1.165, 1.54) is 4.90 Å². The molecule has 1 fully saturated rings. The Balaban J connectivity index is 2.26. The van der Waals surface area contributed by atoms with Gasteiger partial charge in [0.25, 0.3) is 5.91 Å². The van der Waals surface area contributed by atoms with E-state index in [0.29, 0.717) is 11.3 Å². The first-order chi connectivity index (χ1) is 10.5. The number of hydrogen-bond acceptors (Lipinski definition) is 5. The fraction of sp³-hybridized carbons (Fsp3) is 0.267. The van der Waals surface area contributed by atoms with Crippen molar-refractivity contribution in [1.29, 1.82) is 0 Å². The first-order valence-corrected chi connectivity index (χ1v) is 7.84. The molecule has 1 aliphatic rings. The normalized spacial score (nSPS) is 17.9. The van der Waals surface area contributed by atoms with Crippen LogP contribution in [0.4, 0.5) is 0 Å². The molecule has 1 unspecified atom stereocenters. The minimum Gasteiger partial charge on any atom is -0.497 e. The molecule has 1 aromatic rings. The fourth-order valence-corrected chi connectivity index (χ4v) is 3.42. The van der Waals surface area contributed by atoms with Crippen molar-refractivity contribution in [2.75, 3.05) is 7.11 Å². The van der Waals surface area contributed by atoms with E-state index in [2.05, 4.69) is 0 Å². The predicted octanol–water partition coefficient (Wildman–Crippen LogP) is 2.76. The molecule has 0 spiro atoms. The fourth-order valence-electron chi connectivity index (χ4n) is 2.07. The van der Waals surface area contributed by atoms with Crippen LogP contribution in [0.5, 0.6) is 5.75 Å². The lowest BCUT2D eigenvalue weighted by Crippen LogP contribution is -2.43. The second kappa shape index (κ2) is 6.93. The molecule has 0 aromatic heterocycles. The van der Waals surface area contributed by atoms with Gasteiger partial charge in [-0.3, -0.25) is 9.69 Å². The van der Waals surface area contributed by atoms with Crippen molar-refractivity contribution in [3.05, 3.63) is 34.7 Å². The molecule has 1 saturated heterocycles. The average Bonchev–Trinajstić information content (AvgIpc) is 2.76. The molecule has 1 aliphatic heterocycles. The third-order valence-corrected chi connectivity index (χ3v) is 4.55. The van der Waals surface area contributed by atoms with E-state index >= 15 is 0 Å². The molecule has 1 amide bonds. The lowest BCUT2D eigenvalue weighted by Gasteiger charge is -2.21. The maximum Gasteiger partial charge on any atom is 0.326 e. The van der Waals surface area contributed by atoms with Gasteiger partial charge in [0.2, 0.25) is 0 Å². The van der Waals surface area contributed by atoms with Gasteiger partial charge in [-0.25, -0.2) is 4.79 Å². The van der Waals surface area contributed by atoms with Crippen LogP contribution >= 0.6 is 24.0 Å². The van der Waals surface area contributed by atoms with Crippen LogP contribution in [0.1, 0.15) is 18.9 Å². The zero-order valence-corrected chi connectivity index (χ0v) is 13.7. The predicted molar refractivity (Wildman–Crippen MR) is 89.7 cm³/mol. The number of ether oxygens (including phenoxy) is 1. The molecule has 1 aromatic carbocycles. The second-order valence-corrected chi connectivity index (χ2v) is 6.26. The Kier molecular flexibility index (Phi) is 5.20. The van der Waals surface area contributed by atoms with Gasteiger partial charge in [0.1, 0.15) is 16.1 Å². The largest absolute Gasteiger partial charge is 0.497 e. The highest BCUT2D eigenvalue weighted by Crippen LogP contribution is 2.34. The van der Waals surface area contributed by atoms with Crippen LogP contribution in [0.3, 0.4) is 0 Å². The SMILES string of the molecule is CCC(C(=O)O)N1C(=O)/C(=C\c2ccc(OC)cc2)SC1=S. The highest BCUT2D eigenvalue weighted by Gasteiger charge is 2.39. The smallest absolute Gasteiger partial charge is 0.326 e. The number of aliphatic carboxylic acids is 1. The number of thioether (sulfide) groups is 1. The van der Waals surface area contributed by atoms with Gasteiger partial charge in [-0.05, 0) is 30.2 Å². The molecule has 0 radical (unpaired) electrons. The molecule has 0 aliphatic carbocycles. The van der Waals surface area contributed by atoms with Crippen LogP contribution in [0.2, 0.25) is 0 Å². The number of amides is 1. The molecular formula is C15H15NO4S2. The summed E-state index contributed by atoms with van der Waals surface area (Å²) in [6, 6.07) is 6.30. The Morgan fingerprint density at radius 2 is 2.09 bits per heavy atom. The number of hydrogen-bond donors (Lipinski definition) is 1. The molecule has 2 rings (SSSR count). The first kappa shape index (κ1) is 16.5. The summed E-state index contributed by atoms with van der Waals surface area (Å²) in [5.41, 5.74) is 0.824. The zero-order valence-electron chi connectivity index (χ0n) is 12.1. The highest BCUT2D eigenvalue weighted by molar-refractivity contribution is 8.26. The van der Waals surface area contributed by atoms with Crippen molar-refractivity contribution in [1.82, 2.24) is 4.90 Å². The van der Waals surface area contributed by atoms with Crippen molar-refractivity contribution >= 4 is 46.3 Å². The number of carboxylic acid groups (broad SMARTS) is 1. The molecule has 116 valence electrons. The van der Waals surface area contributed by atoms with Crippen LogP contribution in [0.15, 0.2) is 29.2 Å². The zero-order chi connectivity index (χ0) is 16.3. The minimum atomic E-state index is -1.05. The number of carbonyl (C=O) groups is 2. The average molecular weight is 337 g/mol. The quantitative estimate of drug-likeness (QED) is 0.658. The van der Waals surface area contributed by atoms with E-state index < -0.39 is 12.0 Å². The summed E-state index contributed by atoms with van der Waals surface area (Å²) < 4.78 is 5.36. The molecule has 1 N–H and O–H groups in total. The van der Waals surface area contributed by atoms with Gasteiger partial charge in [-0.15, -0.1) is 0 Å². The topological polar surface area (TPSA) is 66.8 Å². The van der Waals surface area contributed by atoms with Crippen LogP contribution in [0, 0.1) is 0 Å². The van der Waals surface area contributed by atoms with Gasteiger partial charge in [0.15, 0.2) is 0 Å². The summed E-state index contributed by atoms with van der Waals surface area (Å²) in [5, 5.41) is 9.21. The maximum absolute atomic E-state index is 12.4. The number of benzene rings is 1. The third kappa shape index (κ3) is 3.31. The van der Waals surface area contributed by atoms with Gasteiger partial charge in [-0.1, -0.05) is 43.0 Å². The van der Waals surface area contributed by atoms with Gasteiger partial charge < -0.3 is 9.84 Å². The van der Waals surface area contributed by atoms with Crippen molar-refractivity contribution < 1.29 is 19.4 Å². The lowest BCUT2D eigenvalue weighted by atomic mass is 10.1. The second-order valence-electron chi connectivity index (χ2n) is 4.59. The number of methoxy groups -OCH3 is 1. The van der Waals surface area contributed by atoms with E-state index in [-0.39, 0.29) is 10.2 Å². The Hall–Kier alpha value is -1.86. The molecule has 22 heavy (non-hydrogen) atoms. The standard InChI is InChI=1S/C15H15NO4S2/c1-3-11(14(18)19)16-13(17)12(22-15(16)21)8-9-4-6-10(20-2)7-5-9/h4-8,11H,3H2,1-2H3,(H,18,19)/b12-8+. The van der Waals surface area contributed by atoms with Crippen molar-refractivity contribution in [3.8, 4) is 5.75 Å². The van der Waals surface area contributed by atoms with E-state index in [1.54, 1.807) is 32.2 Å². The summed E-state index contributed by atoms with van der Waals surface area (Å²) in [6.45, 7) is 1.71. The van der Waals surface area contributed by atoms with E-state index in [0.717, 1.165) is 23.1 Å². The Labute approximate surface area is 137 Å². The van der Waals surface area contributed by atoms with Gasteiger partial charge >= 0.3 is 5.97 Å². The Morgan fingerprint density at radius 1 is 1.45 bits per heavy atom. The number of nitrogens with zero attached hydrogens (tertiary/aromatic N) is 1. The summed E-state index contributed by atoms with van der Waals surface area (Å²) >= 11 is 6.28. The van der Waals surface area contributed by atoms with E-state index in [1.807, 2.05) is 12.1 Å². The molecule has 1 atom stereocenters. The van der Waals surface area contributed by atoms with E-state index in [9.17, 15) is 14.7 Å². The molecule has 1 heterocycles. The number of thiocarbonyl (C=S) groups is 1. The molecule has 0 bridgehead atoms. The Morgan fingerprint density at radius 3 is 2.59 bits per heavy atom.